The SMILES string of the molecule is Oc1ccc2c(c1)Oc1ccccc1C21c2ccccc2-c2cc(O)ccc21. The van der Waals surface area contributed by atoms with Crippen LogP contribution in [0.4, 0.5) is 0 Å². The summed E-state index contributed by atoms with van der Waals surface area (Å²) in [6.45, 7) is 0. The molecule has 1 unspecified atom stereocenters. The van der Waals surface area contributed by atoms with Gasteiger partial charge >= 0.3 is 0 Å². The Morgan fingerprint density at radius 1 is 0.536 bits per heavy atom. The highest BCUT2D eigenvalue weighted by atomic mass is 16.5. The summed E-state index contributed by atoms with van der Waals surface area (Å²) in [5.41, 5.74) is 5.87. The van der Waals surface area contributed by atoms with E-state index in [1.165, 1.54) is 0 Å². The summed E-state index contributed by atoms with van der Waals surface area (Å²) >= 11 is 0. The molecule has 0 aromatic heterocycles. The van der Waals surface area contributed by atoms with Crippen molar-refractivity contribution in [2.75, 3.05) is 0 Å². The van der Waals surface area contributed by atoms with Gasteiger partial charge in [0.05, 0.1) is 5.41 Å². The number of hydrogen-bond acceptors (Lipinski definition) is 3. The highest BCUT2D eigenvalue weighted by Crippen LogP contribution is 2.62. The van der Waals surface area contributed by atoms with Crippen LogP contribution in [0.1, 0.15) is 22.3 Å². The maximum atomic E-state index is 10.2. The molecule has 134 valence electrons. The van der Waals surface area contributed by atoms with Gasteiger partial charge in [0, 0.05) is 17.2 Å². The molecular weight excluding hydrogens is 348 g/mol. The van der Waals surface area contributed by atoms with Gasteiger partial charge in [0.1, 0.15) is 23.0 Å². The fraction of sp³-hybridized carbons (Fsp3) is 0.0400. The summed E-state index contributed by atoms with van der Waals surface area (Å²) in [7, 11) is 0. The number of rotatable bonds is 0. The Balaban J connectivity index is 1.84. The topological polar surface area (TPSA) is 49.7 Å². The Hall–Kier alpha value is -3.72. The third-order valence-electron chi connectivity index (χ3n) is 5.91. The third kappa shape index (κ3) is 1.73. The van der Waals surface area contributed by atoms with E-state index in [-0.39, 0.29) is 11.5 Å². The molecule has 0 fully saturated rings. The number of hydrogen-bond donors (Lipinski definition) is 2. The standard InChI is InChI=1S/C25H16O3/c26-15-9-11-20-18(13-15)17-5-1-2-6-19(17)25(20)21-7-3-4-8-23(21)28-24-14-16(27)10-12-22(24)25/h1-14,26-27H. The molecule has 28 heavy (non-hydrogen) atoms. The van der Waals surface area contributed by atoms with Crippen LogP contribution in [0.25, 0.3) is 11.1 Å². The number of phenolic OH excluding ortho intramolecular Hbond substituents is 2. The van der Waals surface area contributed by atoms with Gasteiger partial charge in [-0.3, -0.25) is 0 Å². The molecule has 3 nitrogen and oxygen atoms in total. The molecule has 4 aromatic rings. The first-order valence-electron chi connectivity index (χ1n) is 9.24. The molecular formula is C25H16O3. The van der Waals surface area contributed by atoms with Crippen LogP contribution < -0.4 is 4.74 Å². The highest BCUT2D eigenvalue weighted by molar-refractivity contribution is 5.89. The monoisotopic (exact) mass is 364 g/mol. The summed E-state index contributed by atoms with van der Waals surface area (Å²) in [4.78, 5) is 0. The summed E-state index contributed by atoms with van der Waals surface area (Å²) in [5.74, 6) is 1.84. The van der Waals surface area contributed by atoms with Gasteiger partial charge in [0.15, 0.2) is 0 Å². The molecule has 4 aromatic carbocycles. The Labute approximate surface area is 162 Å². The van der Waals surface area contributed by atoms with E-state index in [0.29, 0.717) is 5.75 Å². The van der Waals surface area contributed by atoms with Gasteiger partial charge in [-0.05, 0) is 46.5 Å². The van der Waals surface area contributed by atoms with Crippen molar-refractivity contribution in [2.24, 2.45) is 0 Å². The molecule has 1 heterocycles. The van der Waals surface area contributed by atoms with Crippen LogP contribution in [0.3, 0.4) is 0 Å². The van der Waals surface area contributed by atoms with Crippen molar-refractivity contribution in [2.45, 2.75) is 5.41 Å². The molecule has 2 N–H and O–H groups in total. The molecule has 1 atom stereocenters. The summed E-state index contributed by atoms with van der Waals surface area (Å²) < 4.78 is 6.19. The van der Waals surface area contributed by atoms with Gasteiger partial charge in [-0.2, -0.15) is 0 Å². The predicted molar refractivity (Wildman–Crippen MR) is 107 cm³/mol. The van der Waals surface area contributed by atoms with E-state index in [1.54, 1.807) is 18.2 Å². The maximum absolute atomic E-state index is 10.2. The predicted octanol–water partition coefficient (Wildman–Crippen LogP) is 5.57. The number of fused-ring (bicyclic) bond motifs is 9. The normalized spacial score (nSPS) is 18.0. The molecule has 1 aliphatic carbocycles. The Morgan fingerprint density at radius 3 is 2.00 bits per heavy atom. The molecule has 0 bridgehead atoms. The second-order valence-corrected chi connectivity index (χ2v) is 7.30. The number of aromatic hydroxyl groups is 2. The maximum Gasteiger partial charge on any atom is 0.135 e. The lowest BCUT2D eigenvalue weighted by Crippen LogP contribution is -2.32. The van der Waals surface area contributed by atoms with Crippen molar-refractivity contribution >= 4 is 0 Å². The van der Waals surface area contributed by atoms with Gasteiger partial charge in [-0.15, -0.1) is 0 Å². The highest BCUT2D eigenvalue weighted by Gasteiger charge is 2.51. The molecule has 0 radical (unpaired) electrons. The average Bonchev–Trinajstić information content (AvgIpc) is 2.99. The minimum absolute atomic E-state index is 0.172. The van der Waals surface area contributed by atoms with E-state index in [9.17, 15) is 10.2 Å². The first-order chi connectivity index (χ1) is 13.7. The Bertz CT molecular complexity index is 1270. The number of para-hydroxylation sites is 1. The van der Waals surface area contributed by atoms with Crippen molar-refractivity contribution in [1.82, 2.24) is 0 Å². The Morgan fingerprint density at radius 2 is 1.14 bits per heavy atom. The molecule has 0 saturated carbocycles. The van der Waals surface area contributed by atoms with Gasteiger partial charge in [-0.25, -0.2) is 0 Å². The summed E-state index contributed by atoms with van der Waals surface area (Å²) in [5, 5.41) is 20.3. The summed E-state index contributed by atoms with van der Waals surface area (Å²) in [6, 6.07) is 27.3. The summed E-state index contributed by atoms with van der Waals surface area (Å²) in [6.07, 6.45) is 0. The van der Waals surface area contributed by atoms with E-state index in [2.05, 4.69) is 18.2 Å². The minimum Gasteiger partial charge on any atom is -0.508 e. The van der Waals surface area contributed by atoms with Crippen LogP contribution in [-0.4, -0.2) is 10.2 Å². The van der Waals surface area contributed by atoms with Crippen LogP contribution in [-0.2, 0) is 5.41 Å². The van der Waals surface area contributed by atoms with Gasteiger partial charge in [0.2, 0.25) is 0 Å². The largest absolute Gasteiger partial charge is 0.508 e. The van der Waals surface area contributed by atoms with Gasteiger partial charge in [-0.1, -0.05) is 54.6 Å². The van der Waals surface area contributed by atoms with Crippen molar-refractivity contribution in [3.63, 3.8) is 0 Å². The van der Waals surface area contributed by atoms with E-state index < -0.39 is 5.41 Å². The Kier molecular flexibility index (Phi) is 2.83. The van der Waals surface area contributed by atoms with E-state index >= 15 is 0 Å². The minimum atomic E-state index is -0.558. The molecule has 3 heteroatoms. The zero-order chi connectivity index (χ0) is 18.9. The lowest BCUT2D eigenvalue weighted by Gasteiger charge is -2.39. The van der Waals surface area contributed by atoms with Gasteiger partial charge < -0.3 is 14.9 Å². The fourth-order valence-electron chi connectivity index (χ4n) is 4.89. The van der Waals surface area contributed by atoms with Crippen LogP contribution in [0.15, 0.2) is 84.9 Å². The van der Waals surface area contributed by atoms with E-state index in [4.69, 9.17) is 4.74 Å². The fourth-order valence-corrected chi connectivity index (χ4v) is 4.89. The zero-order valence-electron chi connectivity index (χ0n) is 14.9. The van der Waals surface area contributed by atoms with Gasteiger partial charge in [0.25, 0.3) is 0 Å². The second-order valence-electron chi connectivity index (χ2n) is 7.30. The van der Waals surface area contributed by atoms with Crippen LogP contribution in [0.2, 0.25) is 0 Å². The zero-order valence-corrected chi connectivity index (χ0v) is 14.9. The number of ether oxygens (including phenoxy) is 1. The number of phenols is 2. The average molecular weight is 364 g/mol. The second kappa shape index (κ2) is 5.17. The van der Waals surface area contributed by atoms with Crippen LogP contribution >= 0.6 is 0 Å². The molecule has 0 saturated heterocycles. The first-order valence-corrected chi connectivity index (χ1v) is 9.24. The van der Waals surface area contributed by atoms with Crippen LogP contribution in [0.5, 0.6) is 23.0 Å². The van der Waals surface area contributed by atoms with E-state index in [0.717, 1.165) is 39.1 Å². The molecule has 1 aliphatic heterocycles. The lowest BCUT2D eigenvalue weighted by atomic mass is 9.66. The molecule has 2 aliphatic rings. The molecule has 6 rings (SSSR count). The van der Waals surface area contributed by atoms with E-state index in [1.807, 2.05) is 48.5 Å². The molecule has 1 spiro atoms. The third-order valence-corrected chi connectivity index (χ3v) is 5.91. The van der Waals surface area contributed by atoms with Crippen LogP contribution in [0, 0.1) is 0 Å². The van der Waals surface area contributed by atoms with Crippen molar-refractivity contribution in [3.8, 4) is 34.1 Å². The number of benzene rings is 4. The smallest absolute Gasteiger partial charge is 0.135 e. The quantitative estimate of drug-likeness (QED) is 0.371. The van der Waals surface area contributed by atoms with Crippen molar-refractivity contribution in [1.29, 1.82) is 0 Å². The lowest BCUT2D eigenvalue weighted by molar-refractivity contribution is 0.424. The van der Waals surface area contributed by atoms with Crippen molar-refractivity contribution in [3.05, 3.63) is 107 Å². The first kappa shape index (κ1) is 15.3. The molecule has 0 amide bonds. The van der Waals surface area contributed by atoms with Crippen molar-refractivity contribution < 1.29 is 14.9 Å².